The highest BCUT2D eigenvalue weighted by atomic mass is 16.5. The quantitative estimate of drug-likeness (QED) is 0.502. The van der Waals surface area contributed by atoms with E-state index < -0.39 is 17.9 Å². The van der Waals surface area contributed by atoms with E-state index in [0.29, 0.717) is 18.5 Å². The maximum atomic E-state index is 12.9. The second-order valence-corrected chi connectivity index (χ2v) is 9.36. The van der Waals surface area contributed by atoms with E-state index in [2.05, 4.69) is 22.4 Å². The maximum absolute atomic E-state index is 12.9. The smallest absolute Gasteiger partial charge is 0.251 e. The molecule has 4 rings (SSSR count). The molecular formula is C27H31N3O4. The van der Waals surface area contributed by atoms with Crippen molar-refractivity contribution < 1.29 is 24.5 Å². The van der Waals surface area contributed by atoms with Crippen LogP contribution in [0.25, 0.3) is 10.9 Å². The fourth-order valence-corrected chi connectivity index (χ4v) is 4.87. The molecule has 178 valence electrons. The Morgan fingerprint density at radius 2 is 1.88 bits per heavy atom. The van der Waals surface area contributed by atoms with Crippen LogP contribution in [0.15, 0.2) is 54.6 Å². The van der Waals surface area contributed by atoms with E-state index in [1.807, 2.05) is 44.2 Å². The number of nitrogens with one attached hydrogen (secondary N) is 1. The summed E-state index contributed by atoms with van der Waals surface area (Å²) in [4.78, 5) is 29.1. The van der Waals surface area contributed by atoms with Crippen LogP contribution < -0.4 is 10.4 Å². The fraction of sp³-hybridized carbons (Fsp3) is 0.370. The summed E-state index contributed by atoms with van der Waals surface area (Å²) in [5.74, 6) is -2.52. The molecule has 2 aromatic carbocycles. The minimum atomic E-state index is -1.24. The highest BCUT2D eigenvalue weighted by Gasteiger charge is 2.46. The molecule has 0 radical (unpaired) electrons. The maximum Gasteiger partial charge on any atom is 0.251 e. The van der Waals surface area contributed by atoms with Crippen molar-refractivity contribution in [2.45, 2.75) is 39.2 Å². The van der Waals surface area contributed by atoms with Gasteiger partial charge in [-0.25, -0.2) is 5.21 Å². The molecule has 1 aliphatic rings. The normalized spacial score (nSPS) is 22.1. The van der Waals surface area contributed by atoms with Gasteiger partial charge in [0.05, 0.1) is 23.4 Å². The molecule has 3 aromatic rings. The molecule has 0 spiro atoms. The minimum absolute atomic E-state index is 0.0471. The Kier molecular flexibility index (Phi) is 6.95. The van der Waals surface area contributed by atoms with Gasteiger partial charge in [-0.15, -0.1) is 0 Å². The largest absolute Gasteiger partial charge is 0.550 e. The van der Waals surface area contributed by atoms with E-state index in [1.165, 1.54) is 5.56 Å². The Labute approximate surface area is 199 Å². The number of hydrogen-bond donors (Lipinski definition) is 2. The van der Waals surface area contributed by atoms with Crippen LogP contribution in [0.3, 0.4) is 0 Å². The number of aromatic nitrogens is 1. The number of rotatable bonds is 8. The number of benzene rings is 2. The van der Waals surface area contributed by atoms with Crippen LogP contribution >= 0.6 is 0 Å². The molecule has 1 fully saturated rings. The number of para-hydroxylation sites is 1. The van der Waals surface area contributed by atoms with Crippen LogP contribution in [0, 0.1) is 12.8 Å². The first kappa shape index (κ1) is 23.9. The third kappa shape index (κ3) is 5.26. The minimum Gasteiger partial charge on any atom is -0.550 e. The zero-order chi connectivity index (χ0) is 24.3. The van der Waals surface area contributed by atoms with Gasteiger partial charge in [-0.05, 0) is 55.2 Å². The summed E-state index contributed by atoms with van der Waals surface area (Å²) < 4.78 is -0.352. The molecule has 3 atom stereocenters. The fourth-order valence-electron chi connectivity index (χ4n) is 4.87. The van der Waals surface area contributed by atoms with Gasteiger partial charge >= 0.3 is 0 Å². The van der Waals surface area contributed by atoms with Crippen LogP contribution in [0.4, 0.5) is 0 Å². The topological polar surface area (TPSA) is 102 Å². The van der Waals surface area contributed by atoms with Gasteiger partial charge < -0.3 is 15.2 Å². The Hall–Kier alpha value is -3.29. The zero-order valence-electron chi connectivity index (χ0n) is 19.7. The summed E-state index contributed by atoms with van der Waals surface area (Å²) in [6.45, 7) is 4.67. The Bertz CT molecular complexity index is 1190. The lowest BCUT2D eigenvalue weighted by Crippen LogP contribution is -2.47. The molecule has 7 nitrogen and oxygen atoms in total. The SMILES string of the molecule is CCCC[N+]1(O)C[C@H](C(=O)[O-])[C@H](NC(=O)c2ccc(Cc3cc(C)nc4ccccc34)cc2)C1. The second-order valence-electron chi connectivity index (χ2n) is 9.36. The predicted molar refractivity (Wildman–Crippen MR) is 127 cm³/mol. The average Bonchev–Trinajstić information content (AvgIpc) is 3.14. The van der Waals surface area contributed by atoms with Crippen molar-refractivity contribution in [1.29, 1.82) is 0 Å². The Balaban J connectivity index is 1.46. The van der Waals surface area contributed by atoms with Gasteiger partial charge in [-0.2, -0.15) is 4.65 Å². The van der Waals surface area contributed by atoms with Crippen LogP contribution in [0.1, 0.15) is 46.9 Å². The lowest BCUT2D eigenvalue weighted by molar-refractivity contribution is -1.09. The number of fused-ring (bicyclic) bond motifs is 1. The number of aryl methyl sites for hydroxylation is 1. The highest BCUT2D eigenvalue weighted by molar-refractivity contribution is 5.94. The van der Waals surface area contributed by atoms with E-state index in [9.17, 15) is 19.9 Å². The molecule has 34 heavy (non-hydrogen) atoms. The van der Waals surface area contributed by atoms with E-state index in [0.717, 1.165) is 35.0 Å². The van der Waals surface area contributed by atoms with E-state index in [1.54, 1.807) is 12.1 Å². The summed E-state index contributed by atoms with van der Waals surface area (Å²) >= 11 is 0. The van der Waals surface area contributed by atoms with Crippen LogP contribution in [-0.4, -0.2) is 52.4 Å². The van der Waals surface area contributed by atoms with Gasteiger partial charge in [-0.1, -0.05) is 43.7 Å². The molecular weight excluding hydrogens is 430 g/mol. The third-order valence-corrected chi connectivity index (χ3v) is 6.65. The van der Waals surface area contributed by atoms with E-state index in [4.69, 9.17) is 0 Å². The third-order valence-electron chi connectivity index (χ3n) is 6.65. The molecule has 2 N–H and O–H groups in total. The molecule has 0 bridgehead atoms. The van der Waals surface area contributed by atoms with Gasteiger partial charge in [0.1, 0.15) is 19.6 Å². The van der Waals surface area contributed by atoms with Crippen molar-refractivity contribution in [2.75, 3.05) is 19.6 Å². The standard InChI is InChI=1S/C27H31N3O4/c1-3-4-13-30(34)16-23(27(32)33)25(17-30)29-26(31)20-11-9-19(10-12-20)15-21-14-18(2)28-24-8-6-5-7-22(21)24/h5-12,14,23,25,34H,3-4,13,15-17H2,1-2H3,(H-,29,31,32,33)/t23-,25+,30?/m0/s1. The number of unbranched alkanes of at least 4 members (excludes halogenated alkanes) is 1. The molecule has 2 heterocycles. The first-order valence-electron chi connectivity index (χ1n) is 11.8. The molecule has 1 aliphatic heterocycles. The van der Waals surface area contributed by atoms with Gasteiger partial charge in [0.25, 0.3) is 5.91 Å². The molecule has 1 amide bonds. The number of likely N-dealkylation sites (tertiary alicyclic amines) is 1. The first-order valence-corrected chi connectivity index (χ1v) is 11.8. The van der Waals surface area contributed by atoms with Gasteiger partial charge in [0.15, 0.2) is 0 Å². The second kappa shape index (κ2) is 9.91. The monoisotopic (exact) mass is 461 g/mol. The van der Waals surface area contributed by atoms with Gasteiger partial charge in [-0.3, -0.25) is 9.78 Å². The number of amides is 1. The molecule has 1 aromatic heterocycles. The summed E-state index contributed by atoms with van der Waals surface area (Å²) in [6, 6.07) is 16.8. The number of carbonyl (C=O) groups excluding carboxylic acids is 2. The van der Waals surface area contributed by atoms with Crippen molar-refractivity contribution >= 4 is 22.8 Å². The molecule has 0 saturated carbocycles. The van der Waals surface area contributed by atoms with Crippen molar-refractivity contribution in [2.24, 2.45) is 5.92 Å². The van der Waals surface area contributed by atoms with E-state index >= 15 is 0 Å². The van der Waals surface area contributed by atoms with Gasteiger partial charge in [0.2, 0.25) is 0 Å². The lowest BCUT2D eigenvalue weighted by Gasteiger charge is -2.25. The summed E-state index contributed by atoms with van der Waals surface area (Å²) in [6.07, 6.45) is 2.39. The highest BCUT2D eigenvalue weighted by Crippen LogP contribution is 2.25. The van der Waals surface area contributed by atoms with E-state index in [-0.39, 0.29) is 23.6 Å². The summed E-state index contributed by atoms with van der Waals surface area (Å²) in [5.41, 5.74) is 4.61. The molecule has 7 heteroatoms. The molecule has 0 aliphatic carbocycles. The van der Waals surface area contributed by atoms with Crippen molar-refractivity contribution in [3.63, 3.8) is 0 Å². The number of hydrogen-bond acceptors (Lipinski definition) is 5. The van der Waals surface area contributed by atoms with Gasteiger partial charge in [0, 0.05) is 16.6 Å². The van der Waals surface area contributed by atoms with Crippen molar-refractivity contribution in [3.05, 3.63) is 77.0 Å². The number of quaternary nitrogens is 1. The van der Waals surface area contributed by atoms with Crippen molar-refractivity contribution in [1.82, 2.24) is 10.3 Å². The number of carboxylic acid groups (broad SMARTS) is 1. The number of aliphatic carboxylic acids is 1. The van der Waals surface area contributed by atoms with Crippen molar-refractivity contribution in [3.8, 4) is 0 Å². The average molecular weight is 462 g/mol. The Morgan fingerprint density at radius 3 is 2.59 bits per heavy atom. The molecule has 1 unspecified atom stereocenters. The lowest BCUT2D eigenvalue weighted by atomic mass is 9.99. The number of carboxylic acids is 1. The number of pyridine rings is 1. The van der Waals surface area contributed by atoms with Crippen LogP contribution in [0.5, 0.6) is 0 Å². The zero-order valence-corrected chi connectivity index (χ0v) is 19.7. The number of nitrogens with zero attached hydrogens (tertiary/aromatic N) is 2. The summed E-state index contributed by atoms with van der Waals surface area (Å²) in [5, 5.41) is 26.3. The van der Waals surface area contributed by atoms with Crippen LogP contribution in [-0.2, 0) is 11.2 Å². The predicted octanol–water partition coefficient (Wildman–Crippen LogP) is 2.62. The summed E-state index contributed by atoms with van der Waals surface area (Å²) in [7, 11) is 0. The molecule has 1 saturated heterocycles. The first-order chi connectivity index (χ1) is 16.3. The number of carbonyl (C=O) groups is 2. The van der Waals surface area contributed by atoms with Crippen LogP contribution in [0.2, 0.25) is 0 Å². The Morgan fingerprint density at radius 1 is 1.15 bits per heavy atom. The number of hydroxylamine groups is 3.